The number of benzene rings is 2. The van der Waals surface area contributed by atoms with Crippen LogP contribution >= 0.6 is 11.6 Å². The zero-order valence-corrected chi connectivity index (χ0v) is 20.4. The Morgan fingerprint density at radius 1 is 1.09 bits per heavy atom. The molecule has 1 atom stereocenters. The van der Waals surface area contributed by atoms with Crippen LogP contribution in [0.4, 0.5) is 0 Å². The number of para-hydroxylation sites is 1. The zero-order chi connectivity index (χ0) is 24.8. The van der Waals surface area contributed by atoms with Gasteiger partial charge in [-0.2, -0.15) is 0 Å². The van der Waals surface area contributed by atoms with Gasteiger partial charge in [0.1, 0.15) is 12.6 Å². The van der Waals surface area contributed by atoms with Crippen molar-refractivity contribution in [2.45, 2.75) is 12.5 Å². The van der Waals surface area contributed by atoms with Crippen LogP contribution in [0.3, 0.4) is 0 Å². The minimum Gasteiger partial charge on any atom is -0.463 e. The molecule has 1 aliphatic heterocycles. The van der Waals surface area contributed by atoms with Gasteiger partial charge in [0.2, 0.25) is 5.56 Å². The standard InChI is InChI=1S/C26H29ClN4O4/c1-30-10-12-31(13-11-30)14-15-35-26(34)23(29-25(33)18-6-8-20(27)9-7-18)16-19-17-24(32)28-22-5-3-2-4-21(19)22/h2-9,17,23H,10-16H2,1H3,(H,28,32)(H,29,33). The topological polar surface area (TPSA) is 94.7 Å². The van der Waals surface area contributed by atoms with Gasteiger partial charge < -0.3 is 19.9 Å². The number of hydrogen-bond donors (Lipinski definition) is 2. The van der Waals surface area contributed by atoms with E-state index in [1.807, 2.05) is 18.2 Å². The summed E-state index contributed by atoms with van der Waals surface area (Å²) < 4.78 is 5.59. The van der Waals surface area contributed by atoms with E-state index in [4.69, 9.17) is 16.3 Å². The second-order valence-corrected chi connectivity index (χ2v) is 9.19. The highest BCUT2D eigenvalue weighted by Crippen LogP contribution is 2.17. The van der Waals surface area contributed by atoms with Crippen LogP contribution in [-0.4, -0.2) is 79.1 Å². The van der Waals surface area contributed by atoms with Crippen molar-refractivity contribution >= 4 is 34.4 Å². The van der Waals surface area contributed by atoms with Crippen LogP contribution in [0.5, 0.6) is 0 Å². The first-order valence-electron chi connectivity index (χ1n) is 11.6. The van der Waals surface area contributed by atoms with Crippen molar-refractivity contribution < 1.29 is 14.3 Å². The number of nitrogens with one attached hydrogen (secondary N) is 2. The number of carbonyl (C=O) groups is 2. The van der Waals surface area contributed by atoms with Crippen molar-refractivity contribution in [1.29, 1.82) is 0 Å². The van der Waals surface area contributed by atoms with Crippen molar-refractivity contribution in [3.8, 4) is 0 Å². The summed E-state index contributed by atoms with van der Waals surface area (Å²) in [5.41, 5.74) is 1.42. The fraction of sp³-hybridized carbons (Fsp3) is 0.346. The summed E-state index contributed by atoms with van der Waals surface area (Å²) in [6, 6.07) is 14.3. The summed E-state index contributed by atoms with van der Waals surface area (Å²) in [7, 11) is 2.09. The minimum atomic E-state index is -0.962. The molecule has 184 valence electrons. The molecule has 1 unspecified atom stereocenters. The highest BCUT2D eigenvalue weighted by Gasteiger charge is 2.25. The maximum Gasteiger partial charge on any atom is 0.329 e. The molecular formula is C26H29ClN4O4. The van der Waals surface area contributed by atoms with Crippen molar-refractivity contribution in [2.24, 2.45) is 0 Å². The summed E-state index contributed by atoms with van der Waals surface area (Å²) in [6.07, 6.45) is 0.122. The highest BCUT2D eigenvalue weighted by molar-refractivity contribution is 6.30. The van der Waals surface area contributed by atoms with E-state index in [9.17, 15) is 14.4 Å². The number of pyridine rings is 1. The number of esters is 1. The molecule has 8 nitrogen and oxygen atoms in total. The lowest BCUT2D eigenvalue weighted by atomic mass is 10.0. The number of aromatic amines is 1. The molecule has 1 saturated heterocycles. The number of fused-ring (bicyclic) bond motifs is 1. The van der Waals surface area contributed by atoms with Crippen LogP contribution in [-0.2, 0) is 16.0 Å². The first-order valence-corrected chi connectivity index (χ1v) is 12.0. The van der Waals surface area contributed by atoms with Crippen molar-refractivity contribution in [1.82, 2.24) is 20.1 Å². The van der Waals surface area contributed by atoms with Gasteiger partial charge in [0.25, 0.3) is 5.91 Å². The molecule has 2 heterocycles. The molecular weight excluding hydrogens is 468 g/mol. The van der Waals surface area contributed by atoms with E-state index in [2.05, 4.69) is 27.1 Å². The molecule has 0 bridgehead atoms. The van der Waals surface area contributed by atoms with Gasteiger partial charge in [0, 0.05) is 66.7 Å². The van der Waals surface area contributed by atoms with Gasteiger partial charge in [-0.15, -0.1) is 0 Å². The van der Waals surface area contributed by atoms with Crippen molar-refractivity contribution in [3.05, 3.63) is 81.1 Å². The number of halogens is 1. The van der Waals surface area contributed by atoms with Crippen LogP contribution in [0.2, 0.25) is 5.02 Å². The Kier molecular flexibility index (Phi) is 8.17. The number of amides is 1. The number of H-pyrrole nitrogens is 1. The van der Waals surface area contributed by atoms with Gasteiger partial charge in [-0.3, -0.25) is 14.5 Å². The maximum absolute atomic E-state index is 13.1. The molecule has 35 heavy (non-hydrogen) atoms. The smallest absolute Gasteiger partial charge is 0.329 e. The third-order valence-electron chi connectivity index (χ3n) is 6.20. The zero-order valence-electron chi connectivity index (χ0n) is 19.6. The van der Waals surface area contributed by atoms with Crippen LogP contribution in [0.15, 0.2) is 59.4 Å². The third-order valence-corrected chi connectivity index (χ3v) is 6.46. The van der Waals surface area contributed by atoms with E-state index in [1.165, 1.54) is 6.07 Å². The Labute approximate surface area is 208 Å². The lowest BCUT2D eigenvalue weighted by Crippen LogP contribution is -2.47. The van der Waals surface area contributed by atoms with E-state index in [0.717, 1.165) is 31.6 Å². The van der Waals surface area contributed by atoms with E-state index in [1.54, 1.807) is 30.3 Å². The second-order valence-electron chi connectivity index (χ2n) is 8.75. The molecule has 0 radical (unpaired) electrons. The van der Waals surface area contributed by atoms with Gasteiger partial charge >= 0.3 is 5.97 Å². The number of ether oxygens (including phenoxy) is 1. The van der Waals surface area contributed by atoms with Crippen LogP contribution < -0.4 is 10.9 Å². The molecule has 4 rings (SSSR count). The molecule has 1 fully saturated rings. The van der Waals surface area contributed by atoms with E-state index >= 15 is 0 Å². The second kappa shape index (κ2) is 11.5. The lowest BCUT2D eigenvalue weighted by molar-refractivity contribution is -0.146. The summed E-state index contributed by atoms with van der Waals surface area (Å²) >= 11 is 5.93. The Morgan fingerprint density at radius 3 is 2.54 bits per heavy atom. The molecule has 3 aromatic rings. The largest absolute Gasteiger partial charge is 0.463 e. The number of piperazine rings is 1. The Balaban J connectivity index is 1.50. The molecule has 1 aromatic heterocycles. The monoisotopic (exact) mass is 496 g/mol. The summed E-state index contributed by atoms with van der Waals surface area (Å²) in [5.74, 6) is -0.956. The maximum atomic E-state index is 13.1. The predicted molar refractivity (Wildman–Crippen MR) is 136 cm³/mol. The van der Waals surface area contributed by atoms with Gasteiger partial charge in [0.15, 0.2) is 0 Å². The predicted octanol–water partition coefficient (Wildman–Crippen LogP) is 2.31. The average molecular weight is 497 g/mol. The molecule has 0 saturated carbocycles. The molecule has 1 aliphatic rings. The first-order chi connectivity index (χ1) is 16.9. The van der Waals surface area contributed by atoms with Crippen LogP contribution in [0.25, 0.3) is 10.9 Å². The Hall–Kier alpha value is -3.20. The SMILES string of the molecule is CN1CCN(CCOC(=O)C(Cc2cc(=O)[nH]c3ccccc23)NC(=O)c2ccc(Cl)cc2)CC1. The fourth-order valence-corrected chi connectivity index (χ4v) is 4.28. The average Bonchev–Trinajstić information content (AvgIpc) is 2.85. The molecule has 9 heteroatoms. The summed E-state index contributed by atoms with van der Waals surface area (Å²) in [5, 5.41) is 4.11. The number of hydrogen-bond acceptors (Lipinski definition) is 6. The molecule has 1 amide bonds. The van der Waals surface area contributed by atoms with E-state index in [-0.39, 0.29) is 18.6 Å². The number of aromatic nitrogens is 1. The summed E-state index contributed by atoms with van der Waals surface area (Å²) in [6.45, 7) is 4.65. The number of nitrogens with zero attached hydrogens (tertiary/aromatic N) is 2. The Bertz CT molecular complexity index is 1240. The minimum absolute atomic E-state index is 0.122. The molecule has 0 spiro atoms. The van der Waals surface area contributed by atoms with Gasteiger partial charge in [-0.1, -0.05) is 29.8 Å². The van der Waals surface area contributed by atoms with Crippen molar-refractivity contribution in [2.75, 3.05) is 46.4 Å². The van der Waals surface area contributed by atoms with Crippen molar-refractivity contribution in [3.63, 3.8) is 0 Å². The lowest BCUT2D eigenvalue weighted by Gasteiger charge is -2.32. The first kappa shape index (κ1) is 24.9. The number of carbonyl (C=O) groups excluding carboxylic acids is 2. The van der Waals surface area contributed by atoms with E-state index < -0.39 is 17.9 Å². The molecule has 2 N–H and O–H groups in total. The summed E-state index contributed by atoms with van der Waals surface area (Å²) in [4.78, 5) is 45.5. The van der Waals surface area contributed by atoms with Gasteiger partial charge in [0.05, 0.1) is 0 Å². The number of rotatable bonds is 8. The van der Waals surface area contributed by atoms with Crippen LogP contribution in [0, 0.1) is 0 Å². The Morgan fingerprint density at radius 2 is 1.80 bits per heavy atom. The molecule has 0 aliphatic carbocycles. The normalized spacial score (nSPS) is 15.6. The van der Waals surface area contributed by atoms with E-state index in [0.29, 0.717) is 28.2 Å². The molecule has 2 aromatic carbocycles. The van der Waals surface area contributed by atoms with Crippen LogP contribution in [0.1, 0.15) is 15.9 Å². The van der Waals surface area contributed by atoms with Gasteiger partial charge in [-0.25, -0.2) is 4.79 Å². The third kappa shape index (κ3) is 6.69. The van der Waals surface area contributed by atoms with Gasteiger partial charge in [-0.05, 0) is 42.9 Å². The fourth-order valence-electron chi connectivity index (χ4n) is 4.15. The highest BCUT2D eigenvalue weighted by atomic mass is 35.5. The quantitative estimate of drug-likeness (QED) is 0.465. The number of likely N-dealkylation sites (N-methyl/N-ethyl adjacent to an activating group) is 1.